The molecule has 1 aromatic heterocycles. The summed E-state index contributed by atoms with van der Waals surface area (Å²) < 4.78 is 16.1. The van der Waals surface area contributed by atoms with Crippen molar-refractivity contribution >= 4 is 11.5 Å². The van der Waals surface area contributed by atoms with Crippen LogP contribution in [0.1, 0.15) is 53.1 Å². The molecule has 1 aliphatic carbocycles. The first kappa shape index (κ1) is 16.4. The molecule has 1 heterocycles. The number of aryl methyl sites for hydroxylation is 1. The van der Waals surface area contributed by atoms with E-state index in [4.69, 9.17) is 13.9 Å². The molecular formula is C20H22O4. The number of methoxy groups -OCH3 is 2. The van der Waals surface area contributed by atoms with E-state index >= 15 is 0 Å². The minimum atomic E-state index is -0.371. The molecule has 0 unspecified atom stereocenters. The molecule has 0 aliphatic heterocycles. The van der Waals surface area contributed by atoms with Crippen molar-refractivity contribution in [3.05, 3.63) is 58.6 Å². The maximum absolute atomic E-state index is 11.9. The van der Waals surface area contributed by atoms with E-state index < -0.39 is 0 Å². The van der Waals surface area contributed by atoms with E-state index in [1.807, 2.05) is 18.2 Å². The molecule has 0 radical (unpaired) electrons. The third-order valence-corrected chi connectivity index (χ3v) is 4.49. The Balaban J connectivity index is 2.13. The number of hydrogen-bond acceptors (Lipinski definition) is 4. The van der Waals surface area contributed by atoms with Crippen molar-refractivity contribution in [2.75, 3.05) is 14.2 Å². The molecule has 0 saturated heterocycles. The maximum atomic E-state index is 11.9. The van der Waals surface area contributed by atoms with Gasteiger partial charge in [-0.3, -0.25) is 0 Å². The lowest BCUT2D eigenvalue weighted by atomic mass is 9.96. The molecule has 0 N–H and O–H groups in total. The lowest BCUT2D eigenvalue weighted by molar-refractivity contribution is 0.0599. The average Bonchev–Trinajstić information content (AvgIpc) is 3.25. The summed E-state index contributed by atoms with van der Waals surface area (Å²) in [6.45, 7) is 1.79. The zero-order chi connectivity index (χ0) is 17.1. The van der Waals surface area contributed by atoms with Gasteiger partial charge in [0.2, 0.25) is 0 Å². The molecule has 0 bridgehead atoms. The van der Waals surface area contributed by atoms with Crippen molar-refractivity contribution in [2.45, 2.75) is 32.6 Å². The summed E-state index contributed by atoms with van der Waals surface area (Å²) in [6.07, 6.45) is 4.48. The zero-order valence-electron chi connectivity index (χ0n) is 14.3. The van der Waals surface area contributed by atoms with Crippen molar-refractivity contribution in [1.29, 1.82) is 0 Å². The van der Waals surface area contributed by atoms with Gasteiger partial charge in [0.15, 0.2) is 0 Å². The Morgan fingerprint density at radius 1 is 1.12 bits per heavy atom. The number of ether oxygens (including phenoxy) is 2. The molecule has 1 aromatic carbocycles. The number of carbonyl (C=O) groups excluding carboxylic acids is 1. The standard InChI is InChI=1S/C20H22O4/c1-13-17(20(21)23-3)12-18(24-13)19(14-7-4-5-8-14)15-9-6-10-16(11-15)22-2/h6,9-12H,4-5,7-8H2,1-3H3. The summed E-state index contributed by atoms with van der Waals surface area (Å²) >= 11 is 0. The Hall–Kier alpha value is -2.49. The van der Waals surface area contributed by atoms with E-state index in [0.29, 0.717) is 11.3 Å². The van der Waals surface area contributed by atoms with Gasteiger partial charge in [-0.05, 0) is 56.4 Å². The van der Waals surface area contributed by atoms with Gasteiger partial charge in [0.05, 0.1) is 14.2 Å². The Kier molecular flexibility index (Phi) is 4.74. The van der Waals surface area contributed by atoms with Gasteiger partial charge in [-0.1, -0.05) is 17.7 Å². The highest BCUT2D eigenvalue weighted by Crippen LogP contribution is 2.38. The fourth-order valence-electron chi connectivity index (χ4n) is 3.27. The van der Waals surface area contributed by atoms with E-state index in [-0.39, 0.29) is 5.97 Å². The highest BCUT2D eigenvalue weighted by molar-refractivity contribution is 5.92. The topological polar surface area (TPSA) is 48.7 Å². The second-order valence-electron chi connectivity index (χ2n) is 5.99. The maximum Gasteiger partial charge on any atom is 0.341 e. The normalized spacial score (nSPS) is 13.9. The van der Waals surface area contributed by atoms with E-state index in [2.05, 4.69) is 6.07 Å². The SMILES string of the molecule is COC(=O)c1cc(C(=C2CCCC2)c2cccc(OC)c2)oc1C. The van der Waals surface area contributed by atoms with Crippen molar-refractivity contribution in [2.24, 2.45) is 0 Å². The molecule has 4 heteroatoms. The van der Waals surface area contributed by atoms with Gasteiger partial charge in [0, 0.05) is 5.57 Å². The largest absolute Gasteiger partial charge is 0.497 e. The first-order valence-corrected chi connectivity index (χ1v) is 8.19. The zero-order valence-corrected chi connectivity index (χ0v) is 14.3. The van der Waals surface area contributed by atoms with Crippen molar-refractivity contribution in [1.82, 2.24) is 0 Å². The van der Waals surface area contributed by atoms with Gasteiger partial charge in [-0.25, -0.2) is 4.79 Å². The summed E-state index contributed by atoms with van der Waals surface area (Å²) in [5.74, 6) is 1.73. The van der Waals surface area contributed by atoms with Gasteiger partial charge in [0.25, 0.3) is 0 Å². The number of furan rings is 1. The van der Waals surface area contributed by atoms with Crippen LogP contribution in [0, 0.1) is 6.92 Å². The number of carbonyl (C=O) groups is 1. The second-order valence-corrected chi connectivity index (χ2v) is 5.99. The van der Waals surface area contributed by atoms with Crippen LogP contribution in [0.25, 0.3) is 5.57 Å². The van der Waals surface area contributed by atoms with E-state index in [0.717, 1.165) is 35.5 Å². The van der Waals surface area contributed by atoms with E-state index in [1.54, 1.807) is 20.1 Å². The Morgan fingerprint density at radius 2 is 1.88 bits per heavy atom. The lowest BCUT2D eigenvalue weighted by Gasteiger charge is -2.11. The highest BCUT2D eigenvalue weighted by atomic mass is 16.5. The summed E-state index contributed by atoms with van der Waals surface area (Å²) in [6, 6.07) is 9.75. The molecule has 0 amide bonds. The van der Waals surface area contributed by atoms with E-state index in [9.17, 15) is 4.79 Å². The minimum absolute atomic E-state index is 0.371. The number of hydrogen-bond donors (Lipinski definition) is 0. The molecule has 0 spiro atoms. The molecule has 126 valence electrons. The lowest BCUT2D eigenvalue weighted by Crippen LogP contribution is -2.00. The highest BCUT2D eigenvalue weighted by Gasteiger charge is 2.22. The van der Waals surface area contributed by atoms with Crippen LogP contribution >= 0.6 is 0 Å². The molecule has 1 saturated carbocycles. The van der Waals surface area contributed by atoms with Crippen molar-refractivity contribution in [3.63, 3.8) is 0 Å². The predicted octanol–water partition coefficient (Wildman–Crippen LogP) is 4.76. The van der Waals surface area contributed by atoms with Crippen molar-refractivity contribution in [3.8, 4) is 5.75 Å². The van der Waals surface area contributed by atoms with Crippen LogP contribution in [0.4, 0.5) is 0 Å². The molecule has 3 rings (SSSR count). The van der Waals surface area contributed by atoms with Crippen LogP contribution in [-0.4, -0.2) is 20.2 Å². The van der Waals surface area contributed by atoms with Gasteiger partial charge in [-0.2, -0.15) is 0 Å². The predicted molar refractivity (Wildman–Crippen MR) is 92.3 cm³/mol. The fourth-order valence-corrected chi connectivity index (χ4v) is 3.27. The molecule has 0 atom stereocenters. The summed E-state index contributed by atoms with van der Waals surface area (Å²) in [5.41, 5.74) is 3.97. The van der Waals surface area contributed by atoms with E-state index in [1.165, 1.54) is 25.5 Å². The number of esters is 1. The Labute approximate surface area is 142 Å². The van der Waals surface area contributed by atoms with Crippen LogP contribution in [0.3, 0.4) is 0 Å². The Bertz CT molecular complexity index is 775. The summed E-state index contributed by atoms with van der Waals surface area (Å²) in [4.78, 5) is 11.9. The third kappa shape index (κ3) is 3.09. The molecule has 4 nitrogen and oxygen atoms in total. The summed E-state index contributed by atoms with van der Waals surface area (Å²) in [7, 11) is 3.04. The van der Waals surface area contributed by atoms with Crippen LogP contribution in [0.15, 0.2) is 40.3 Å². The first-order valence-electron chi connectivity index (χ1n) is 8.19. The number of rotatable bonds is 4. The molecule has 1 fully saturated rings. The first-order chi connectivity index (χ1) is 11.6. The molecule has 1 aliphatic rings. The smallest absolute Gasteiger partial charge is 0.341 e. The number of allylic oxidation sites excluding steroid dienone is 1. The monoisotopic (exact) mass is 326 g/mol. The Morgan fingerprint density at radius 3 is 2.54 bits per heavy atom. The second kappa shape index (κ2) is 6.95. The minimum Gasteiger partial charge on any atom is -0.497 e. The quantitative estimate of drug-likeness (QED) is 0.760. The van der Waals surface area contributed by atoms with Crippen LogP contribution < -0.4 is 4.74 Å². The molecule has 24 heavy (non-hydrogen) atoms. The van der Waals surface area contributed by atoms with Crippen LogP contribution in [-0.2, 0) is 4.74 Å². The van der Waals surface area contributed by atoms with Gasteiger partial charge in [-0.15, -0.1) is 0 Å². The average molecular weight is 326 g/mol. The van der Waals surface area contributed by atoms with Gasteiger partial charge < -0.3 is 13.9 Å². The van der Waals surface area contributed by atoms with Gasteiger partial charge >= 0.3 is 5.97 Å². The van der Waals surface area contributed by atoms with Crippen molar-refractivity contribution < 1.29 is 18.7 Å². The van der Waals surface area contributed by atoms with Crippen LogP contribution in [0.5, 0.6) is 5.75 Å². The van der Waals surface area contributed by atoms with Gasteiger partial charge in [0.1, 0.15) is 22.8 Å². The molecular weight excluding hydrogens is 304 g/mol. The summed E-state index contributed by atoms with van der Waals surface area (Å²) in [5, 5.41) is 0. The van der Waals surface area contributed by atoms with Crippen LogP contribution in [0.2, 0.25) is 0 Å². The molecule has 2 aromatic rings. The third-order valence-electron chi connectivity index (χ3n) is 4.49. The fraction of sp³-hybridized carbons (Fsp3) is 0.350. The number of benzene rings is 1.